The van der Waals surface area contributed by atoms with Gasteiger partial charge < -0.3 is 14.8 Å². The molecule has 0 aliphatic carbocycles. The van der Waals surface area contributed by atoms with Gasteiger partial charge in [0.1, 0.15) is 5.75 Å². The van der Waals surface area contributed by atoms with Gasteiger partial charge >= 0.3 is 5.97 Å². The van der Waals surface area contributed by atoms with Crippen molar-refractivity contribution in [2.24, 2.45) is 0 Å². The van der Waals surface area contributed by atoms with Crippen LogP contribution in [0.25, 0.3) is 0 Å². The smallest absolute Gasteiger partial charge is 0.338 e. The first-order chi connectivity index (χ1) is 13.5. The average molecular weight is 383 g/mol. The topological polar surface area (TPSA) is 64.6 Å². The summed E-state index contributed by atoms with van der Waals surface area (Å²) in [5.41, 5.74) is 2.23. The molecule has 28 heavy (non-hydrogen) atoms. The van der Waals surface area contributed by atoms with Gasteiger partial charge in [-0.1, -0.05) is 45.7 Å². The van der Waals surface area contributed by atoms with Crippen molar-refractivity contribution in [2.45, 2.75) is 46.0 Å². The number of amides is 1. The van der Waals surface area contributed by atoms with Gasteiger partial charge in [0.25, 0.3) is 5.91 Å². The second-order valence-electron chi connectivity index (χ2n) is 6.98. The van der Waals surface area contributed by atoms with E-state index in [1.807, 2.05) is 24.3 Å². The number of anilines is 1. The lowest BCUT2D eigenvalue weighted by Gasteiger charge is -2.10. The fourth-order valence-corrected chi connectivity index (χ4v) is 2.60. The Labute approximate surface area is 167 Å². The summed E-state index contributed by atoms with van der Waals surface area (Å²) < 4.78 is 10.8. The summed E-state index contributed by atoms with van der Waals surface area (Å²) in [5, 5.41) is 2.76. The first-order valence-corrected chi connectivity index (χ1v) is 9.79. The van der Waals surface area contributed by atoms with Crippen molar-refractivity contribution in [1.82, 2.24) is 0 Å². The Morgan fingerprint density at radius 2 is 1.79 bits per heavy atom. The summed E-state index contributed by atoms with van der Waals surface area (Å²) in [6.07, 6.45) is 3.00. The molecule has 5 nitrogen and oxygen atoms in total. The number of benzene rings is 2. The van der Waals surface area contributed by atoms with Crippen LogP contribution in [0.15, 0.2) is 48.5 Å². The maximum atomic E-state index is 12.1. The van der Waals surface area contributed by atoms with Gasteiger partial charge in [0.2, 0.25) is 0 Å². The van der Waals surface area contributed by atoms with E-state index < -0.39 is 0 Å². The monoisotopic (exact) mass is 383 g/mol. The maximum Gasteiger partial charge on any atom is 0.338 e. The van der Waals surface area contributed by atoms with Crippen LogP contribution < -0.4 is 10.1 Å². The van der Waals surface area contributed by atoms with E-state index in [-0.39, 0.29) is 18.5 Å². The average Bonchev–Trinajstić information content (AvgIpc) is 2.70. The zero-order chi connectivity index (χ0) is 20.4. The molecule has 0 heterocycles. The van der Waals surface area contributed by atoms with E-state index in [0.29, 0.717) is 29.5 Å². The van der Waals surface area contributed by atoms with Gasteiger partial charge in [0, 0.05) is 5.69 Å². The minimum Gasteiger partial charge on any atom is -0.484 e. The number of rotatable bonds is 10. The zero-order valence-electron chi connectivity index (χ0n) is 16.9. The summed E-state index contributed by atoms with van der Waals surface area (Å²) >= 11 is 0. The molecule has 0 radical (unpaired) electrons. The van der Waals surface area contributed by atoms with E-state index in [1.165, 1.54) is 0 Å². The molecular formula is C23H29NO4. The Kier molecular flexibility index (Phi) is 8.53. The largest absolute Gasteiger partial charge is 0.484 e. The highest BCUT2D eigenvalue weighted by atomic mass is 16.5. The number of ether oxygens (including phenoxy) is 2. The molecule has 1 N–H and O–H groups in total. The summed E-state index contributed by atoms with van der Waals surface area (Å²) in [5.74, 6) is 0.462. The minimum absolute atomic E-state index is 0.0806. The quantitative estimate of drug-likeness (QED) is 0.454. The van der Waals surface area contributed by atoms with Crippen LogP contribution >= 0.6 is 0 Å². The molecule has 0 aliphatic rings. The lowest BCUT2D eigenvalue weighted by Crippen LogP contribution is -2.20. The molecule has 1 amide bonds. The Hall–Kier alpha value is -2.82. The molecule has 5 heteroatoms. The zero-order valence-corrected chi connectivity index (χ0v) is 16.9. The maximum absolute atomic E-state index is 12.1. The molecule has 0 aromatic heterocycles. The van der Waals surface area contributed by atoms with Crippen LogP contribution in [0.5, 0.6) is 5.75 Å². The van der Waals surface area contributed by atoms with Gasteiger partial charge in [-0.05, 0) is 54.3 Å². The van der Waals surface area contributed by atoms with Crippen molar-refractivity contribution < 1.29 is 19.1 Å². The van der Waals surface area contributed by atoms with Crippen molar-refractivity contribution in [3.8, 4) is 5.75 Å². The van der Waals surface area contributed by atoms with Crippen molar-refractivity contribution in [1.29, 1.82) is 0 Å². The van der Waals surface area contributed by atoms with Gasteiger partial charge in [0.15, 0.2) is 6.61 Å². The first kappa shape index (κ1) is 21.5. The highest BCUT2D eigenvalue weighted by molar-refractivity contribution is 5.93. The highest BCUT2D eigenvalue weighted by Gasteiger charge is 2.09. The molecule has 0 bridgehead atoms. The number of esters is 1. The summed E-state index contributed by atoms with van der Waals surface area (Å²) in [4.78, 5) is 24.0. The van der Waals surface area contributed by atoms with E-state index in [2.05, 4.69) is 26.1 Å². The molecule has 2 aromatic carbocycles. The second-order valence-corrected chi connectivity index (χ2v) is 6.98. The van der Waals surface area contributed by atoms with Crippen molar-refractivity contribution in [2.75, 3.05) is 18.5 Å². The molecular weight excluding hydrogens is 354 g/mol. The number of carbonyl (C=O) groups excluding carboxylic acids is 2. The predicted molar refractivity (Wildman–Crippen MR) is 111 cm³/mol. The molecule has 150 valence electrons. The molecule has 0 unspecified atom stereocenters. The third kappa shape index (κ3) is 7.06. The van der Waals surface area contributed by atoms with Gasteiger partial charge in [-0.2, -0.15) is 0 Å². The summed E-state index contributed by atoms with van der Waals surface area (Å²) in [6.45, 7) is 6.67. The number of unbranched alkanes of at least 4 members (excludes halogenated alkanes) is 2. The van der Waals surface area contributed by atoms with Crippen LogP contribution in [0.1, 0.15) is 61.9 Å². The fourth-order valence-electron chi connectivity index (χ4n) is 2.60. The van der Waals surface area contributed by atoms with E-state index in [0.717, 1.165) is 24.8 Å². The molecule has 0 atom stereocenters. The Morgan fingerprint density at radius 3 is 2.46 bits per heavy atom. The normalized spacial score (nSPS) is 10.6. The van der Waals surface area contributed by atoms with Gasteiger partial charge in [-0.3, -0.25) is 4.79 Å². The highest BCUT2D eigenvalue weighted by Crippen LogP contribution is 2.20. The summed E-state index contributed by atoms with van der Waals surface area (Å²) in [7, 11) is 0. The van der Waals surface area contributed by atoms with Crippen LogP contribution in [-0.2, 0) is 9.53 Å². The Balaban J connectivity index is 1.80. The number of hydrogen-bond donors (Lipinski definition) is 1. The lowest BCUT2D eigenvalue weighted by atomic mass is 10.0. The molecule has 2 aromatic rings. The second kappa shape index (κ2) is 11.1. The Morgan fingerprint density at radius 1 is 1.04 bits per heavy atom. The molecule has 0 aliphatic heterocycles. The van der Waals surface area contributed by atoms with E-state index in [1.54, 1.807) is 24.3 Å². The van der Waals surface area contributed by atoms with Gasteiger partial charge in [-0.15, -0.1) is 0 Å². The van der Waals surface area contributed by atoms with Crippen LogP contribution in [-0.4, -0.2) is 25.1 Å². The molecule has 2 rings (SSSR count). The molecule has 0 spiro atoms. The van der Waals surface area contributed by atoms with E-state index >= 15 is 0 Å². The predicted octanol–water partition coefficient (Wildman–Crippen LogP) is 5.17. The molecule has 0 saturated carbocycles. The minimum atomic E-state index is -0.345. The van der Waals surface area contributed by atoms with Gasteiger partial charge in [-0.25, -0.2) is 4.79 Å². The van der Waals surface area contributed by atoms with Crippen LogP contribution in [0.4, 0.5) is 5.69 Å². The fraction of sp³-hybridized carbons (Fsp3) is 0.391. The van der Waals surface area contributed by atoms with Crippen molar-refractivity contribution in [3.63, 3.8) is 0 Å². The number of carbonyl (C=O) groups is 2. The van der Waals surface area contributed by atoms with Crippen molar-refractivity contribution >= 4 is 17.6 Å². The molecule has 0 saturated heterocycles. The third-order valence-corrected chi connectivity index (χ3v) is 4.28. The Bertz CT molecular complexity index is 768. The van der Waals surface area contributed by atoms with E-state index in [9.17, 15) is 9.59 Å². The van der Waals surface area contributed by atoms with Crippen LogP contribution in [0.3, 0.4) is 0 Å². The third-order valence-electron chi connectivity index (χ3n) is 4.28. The SMILES string of the molecule is CCCCCOC(=O)c1ccc(NC(=O)COc2cccc(C(C)C)c2)cc1. The number of nitrogens with one attached hydrogen (secondary N) is 1. The summed E-state index contributed by atoms with van der Waals surface area (Å²) in [6, 6.07) is 14.4. The lowest BCUT2D eigenvalue weighted by molar-refractivity contribution is -0.118. The van der Waals surface area contributed by atoms with Crippen LogP contribution in [0.2, 0.25) is 0 Å². The van der Waals surface area contributed by atoms with Gasteiger partial charge in [0.05, 0.1) is 12.2 Å². The van der Waals surface area contributed by atoms with E-state index in [4.69, 9.17) is 9.47 Å². The van der Waals surface area contributed by atoms with Crippen LogP contribution in [0, 0.1) is 0 Å². The number of hydrogen-bond acceptors (Lipinski definition) is 4. The molecule has 0 fully saturated rings. The first-order valence-electron chi connectivity index (χ1n) is 9.79. The van der Waals surface area contributed by atoms with Crippen molar-refractivity contribution in [3.05, 3.63) is 59.7 Å². The standard InChI is InChI=1S/C23H29NO4/c1-4-5-6-14-27-23(26)18-10-12-20(13-11-18)24-22(25)16-28-21-9-7-8-19(15-21)17(2)3/h7-13,15,17H,4-6,14,16H2,1-3H3,(H,24,25).